The number of piperazine rings is 1. The van der Waals surface area contributed by atoms with Crippen molar-refractivity contribution in [2.45, 2.75) is 19.4 Å². The van der Waals surface area contributed by atoms with Gasteiger partial charge < -0.3 is 20.3 Å². The first kappa shape index (κ1) is 27.9. The first-order valence-electron chi connectivity index (χ1n) is 14.6. The Kier molecular flexibility index (Phi) is 8.03. The Morgan fingerprint density at radius 2 is 1.88 bits per heavy atom. The quantitative estimate of drug-likeness (QED) is 0.234. The summed E-state index contributed by atoms with van der Waals surface area (Å²) >= 11 is 3.22. The Morgan fingerprint density at radius 3 is 2.65 bits per heavy atom. The number of rotatable bonds is 8. The second kappa shape index (κ2) is 12.4. The van der Waals surface area contributed by atoms with Crippen molar-refractivity contribution in [1.29, 1.82) is 0 Å². The normalized spacial score (nSPS) is 16.0. The largest absolute Gasteiger partial charge is 0.381 e. The summed E-state index contributed by atoms with van der Waals surface area (Å²) in [5.41, 5.74) is 5.12. The summed E-state index contributed by atoms with van der Waals surface area (Å²) in [5, 5.41) is 12.5. The van der Waals surface area contributed by atoms with Gasteiger partial charge in [-0.1, -0.05) is 6.58 Å². The Morgan fingerprint density at radius 1 is 1.07 bits per heavy atom. The van der Waals surface area contributed by atoms with Crippen LogP contribution in [0, 0.1) is 5.92 Å². The highest BCUT2D eigenvalue weighted by molar-refractivity contribution is 7.14. The number of pyridine rings is 1. The minimum absolute atomic E-state index is 0.0903. The molecule has 2 aliphatic rings. The molecule has 0 saturated carbocycles. The predicted molar refractivity (Wildman–Crippen MR) is 176 cm³/mol. The summed E-state index contributed by atoms with van der Waals surface area (Å²) in [6.45, 7) is 10.1. The van der Waals surface area contributed by atoms with Gasteiger partial charge in [0.1, 0.15) is 10.7 Å². The summed E-state index contributed by atoms with van der Waals surface area (Å²) < 4.78 is 7.34. The van der Waals surface area contributed by atoms with E-state index in [1.54, 1.807) is 33.4 Å². The van der Waals surface area contributed by atoms with Crippen molar-refractivity contribution in [2.75, 3.05) is 49.6 Å². The van der Waals surface area contributed by atoms with E-state index in [2.05, 4.69) is 55.7 Å². The number of nitrogens with zero attached hydrogens (tertiary/aromatic N) is 5. The fourth-order valence-corrected chi connectivity index (χ4v) is 7.44. The van der Waals surface area contributed by atoms with Gasteiger partial charge in [-0.15, -0.1) is 22.7 Å². The lowest BCUT2D eigenvalue weighted by atomic mass is 9.88. The van der Waals surface area contributed by atoms with Gasteiger partial charge in [0.15, 0.2) is 0 Å². The van der Waals surface area contributed by atoms with Gasteiger partial charge in [0.2, 0.25) is 5.95 Å². The molecule has 2 aliphatic heterocycles. The zero-order valence-corrected chi connectivity index (χ0v) is 25.4. The van der Waals surface area contributed by atoms with E-state index in [4.69, 9.17) is 9.72 Å². The molecule has 6 heterocycles. The number of anilines is 3. The molecule has 5 aromatic rings. The van der Waals surface area contributed by atoms with E-state index in [-0.39, 0.29) is 11.5 Å². The van der Waals surface area contributed by atoms with E-state index < -0.39 is 0 Å². The van der Waals surface area contributed by atoms with E-state index in [0.29, 0.717) is 36.9 Å². The second-order valence-corrected chi connectivity index (χ2v) is 12.7. The van der Waals surface area contributed by atoms with Crippen LogP contribution in [-0.2, 0) is 11.3 Å². The van der Waals surface area contributed by atoms with Crippen molar-refractivity contribution in [3.63, 3.8) is 0 Å². The van der Waals surface area contributed by atoms with Crippen molar-refractivity contribution >= 4 is 56.6 Å². The number of allylic oxidation sites excluding steroid dienone is 1. The van der Waals surface area contributed by atoms with Gasteiger partial charge in [-0.3, -0.25) is 9.36 Å². The Hall–Kier alpha value is -3.90. The summed E-state index contributed by atoms with van der Waals surface area (Å²) in [5.74, 6) is 0.656. The molecule has 4 aromatic heterocycles. The van der Waals surface area contributed by atoms with Crippen LogP contribution in [0.1, 0.15) is 23.3 Å². The van der Waals surface area contributed by atoms with Crippen LogP contribution in [0.25, 0.3) is 27.2 Å². The molecule has 0 atom stereocenters. The molecule has 1 aromatic carbocycles. The fraction of sp³-hybridized carbons (Fsp3) is 0.312. The van der Waals surface area contributed by atoms with E-state index in [0.717, 1.165) is 71.1 Å². The van der Waals surface area contributed by atoms with Crippen LogP contribution in [0.5, 0.6) is 0 Å². The van der Waals surface area contributed by atoms with Crippen LogP contribution < -0.4 is 21.1 Å². The van der Waals surface area contributed by atoms with Gasteiger partial charge >= 0.3 is 0 Å². The molecule has 0 spiro atoms. The molecule has 0 amide bonds. The second-order valence-electron chi connectivity index (χ2n) is 10.8. The number of thiazole rings is 1. The smallest absolute Gasteiger partial charge is 0.260 e. The maximum absolute atomic E-state index is 14.2. The molecule has 2 N–H and O–H groups in total. The van der Waals surface area contributed by atoms with Crippen LogP contribution in [0.3, 0.4) is 0 Å². The first-order chi connectivity index (χ1) is 21.1. The van der Waals surface area contributed by atoms with Crippen molar-refractivity contribution in [2.24, 2.45) is 5.92 Å². The molecule has 2 fully saturated rings. The third-order valence-electron chi connectivity index (χ3n) is 8.20. The zero-order valence-electron chi connectivity index (χ0n) is 23.8. The molecule has 2 saturated heterocycles. The number of hydrogen-bond acceptors (Lipinski definition) is 10. The first-order valence-corrected chi connectivity index (χ1v) is 16.4. The molecular weight excluding hydrogens is 579 g/mol. The van der Waals surface area contributed by atoms with Crippen LogP contribution in [0.4, 0.5) is 17.3 Å². The fourth-order valence-electron chi connectivity index (χ4n) is 5.82. The average Bonchev–Trinajstić information content (AvgIpc) is 3.76. The minimum Gasteiger partial charge on any atom is -0.381 e. The summed E-state index contributed by atoms with van der Waals surface area (Å²) in [7, 11) is 0. The van der Waals surface area contributed by atoms with Gasteiger partial charge in [0.05, 0.1) is 6.54 Å². The molecule has 9 nitrogen and oxygen atoms in total. The lowest BCUT2D eigenvalue weighted by Crippen LogP contribution is -2.43. The third-order valence-corrected chi connectivity index (χ3v) is 9.91. The van der Waals surface area contributed by atoms with Gasteiger partial charge in [0, 0.05) is 89.9 Å². The van der Waals surface area contributed by atoms with Gasteiger partial charge in [-0.25, -0.2) is 9.97 Å². The molecular formula is C32H33N7O2S2. The SMILES string of the molecule is C=C(c1cc2cnc(Nc3ccc(N4CCNCC4)cc3)nc2n(Cc2sccc2-c2nccs2)c1=O)C1CCOCC1. The lowest BCUT2D eigenvalue weighted by molar-refractivity contribution is 0.0808. The van der Waals surface area contributed by atoms with Crippen molar-refractivity contribution < 1.29 is 4.74 Å². The summed E-state index contributed by atoms with van der Waals surface area (Å²) in [6, 6.07) is 12.3. The predicted octanol–water partition coefficient (Wildman–Crippen LogP) is 5.62. The molecule has 7 rings (SSSR count). The number of nitrogens with one attached hydrogen (secondary N) is 2. The highest BCUT2D eigenvalue weighted by Crippen LogP contribution is 2.33. The van der Waals surface area contributed by atoms with Crippen molar-refractivity contribution in [3.8, 4) is 10.6 Å². The van der Waals surface area contributed by atoms with Gasteiger partial charge in [0.25, 0.3) is 5.56 Å². The van der Waals surface area contributed by atoms with Crippen LogP contribution in [0.15, 0.2) is 70.9 Å². The molecule has 0 unspecified atom stereocenters. The maximum atomic E-state index is 14.2. The molecule has 43 heavy (non-hydrogen) atoms. The van der Waals surface area contributed by atoms with Crippen molar-refractivity contribution in [1.82, 2.24) is 24.8 Å². The van der Waals surface area contributed by atoms with Crippen LogP contribution in [0.2, 0.25) is 0 Å². The number of benzene rings is 1. The van der Waals surface area contributed by atoms with E-state index >= 15 is 0 Å². The third kappa shape index (κ3) is 5.85. The average molecular weight is 612 g/mol. The summed E-state index contributed by atoms with van der Waals surface area (Å²) in [4.78, 5) is 31.7. The van der Waals surface area contributed by atoms with Gasteiger partial charge in [-0.2, -0.15) is 4.98 Å². The highest BCUT2D eigenvalue weighted by Gasteiger charge is 2.23. The maximum Gasteiger partial charge on any atom is 0.260 e. The number of thiophene rings is 1. The van der Waals surface area contributed by atoms with Crippen LogP contribution in [-0.4, -0.2) is 58.9 Å². The summed E-state index contributed by atoms with van der Waals surface area (Å²) in [6.07, 6.45) is 5.33. The standard InChI is InChI=1S/C32H33N7O2S2/c1-21(22-6-14-41-15-7-22)27-18-23-19-35-32(36-24-2-4-25(5-3-24)38-12-9-33-10-13-38)37-29(23)39(31(27)40)20-28-26(8-16-42-28)30-34-11-17-43-30/h2-5,8,11,16-19,22,33H,1,6-7,9-10,12-15,20H2,(H,35,36,37). The molecule has 0 aliphatic carbocycles. The minimum atomic E-state index is -0.0903. The van der Waals surface area contributed by atoms with Crippen molar-refractivity contribution in [3.05, 3.63) is 86.9 Å². The monoisotopic (exact) mass is 611 g/mol. The number of hydrogen-bond donors (Lipinski definition) is 2. The van der Waals surface area contributed by atoms with Gasteiger partial charge in [-0.05, 0) is 66.1 Å². The number of aromatic nitrogens is 4. The van der Waals surface area contributed by atoms with E-state index in [1.165, 1.54) is 5.69 Å². The topological polar surface area (TPSA) is 97.2 Å². The Bertz CT molecular complexity index is 1790. The molecule has 0 radical (unpaired) electrons. The lowest BCUT2D eigenvalue weighted by Gasteiger charge is -2.29. The highest BCUT2D eigenvalue weighted by atomic mass is 32.1. The Labute approximate surface area is 257 Å². The number of ether oxygens (including phenoxy) is 1. The Balaban J connectivity index is 1.25. The zero-order chi connectivity index (χ0) is 29.2. The molecule has 0 bridgehead atoms. The van der Waals surface area contributed by atoms with Crippen LogP contribution >= 0.6 is 22.7 Å². The van der Waals surface area contributed by atoms with E-state index in [1.807, 2.05) is 29.8 Å². The number of fused-ring (bicyclic) bond motifs is 1. The molecule has 11 heteroatoms. The molecule has 220 valence electrons. The van der Waals surface area contributed by atoms with E-state index in [9.17, 15) is 4.79 Å².